The van der Waals surface area contributed by atoms with Crippen molar-refractivity contribution in [1.29, 1.82) is 0 Å². The van der Waals surface area contributed by atoms with Crippen LogP contribution in [0.2, 0.25) is 23.7 Å². The van der Waals surface area contributed by atoms with Gasteiger partial charge in [0.15, 0.2) is 5.60 Å². The minimum Gasteiger partial charge on any atom is -0.497 e. The van der Waals surface area contributed by atoms with E-state index in [1.807, 2.05) is 96.0 Å². The number of hydrogen-bond acceptors (Lipinski definition) is 8. The predicted octanol–water partition coefficient (Wildman–Crippen LogP) is 6.86. The number of fused-ring (bicyclic) bond motifs is 2. The normalized spacial score (nSPS) is 22.0. The van der Waals surface area contributed by atoms with Crippen LogP contribution in [0.15, 0.2) is 108 Å². The predicted molar refractivity (Wildman–Crippen MR) is 224 cm³/mol. The molecule has 4 aromatic carbocycles. The van der Waals surface area contributed by atoms with Crippen LogP contribution < -0.4 is 19.8 Å². The standard InChI is InChI=1S/C44H47ClN6O5Si/c1-29-42(57(3,4)36-17-15-35(55-2)16-18-36)40(22-24-49-28-33(23-25-52)46-48-49)56-44(29)37-26-32(45)12-20-39(37)50(43(44)54)27-30-10-13-34(14-11-30)51-41(53)21-19-38(47-51)31-8-6-5-7-9-31/h5-18,20,26,28-29,40,42,52H,19,21-25,27H2,1-4H3/t29-,40+,42-,44+/m0/s1. The SMILES string of the molecule is COc1ccc([Si](C)(C)[C@@H]2[C@@H](CCn3cc(CCO)nn3)O[C@]3(C(=O)N(Cc4ccc(N5N=C(c6ccccc6)CCC5=O)cc4)c4ccc(Cl)cc43)[C@H]2C)cc1. The number of nitrogens with zero attached hydrogens (tertiary/aromatic N) is 6. The smallest absolute Gasteiger partial charge is 0.264 e. The summed E-state index contributed by atoms with van der Waals surface area (Å²) in [5, 5.41) is 26.0. The molecular formula is C44H47ClN6O5Si. The number of ether oxygens (including phenoxy) is 2. The zero-order chi connectivity index (χ0) is 39.9. The van der Waals surface area contributed by atoms with Crippen LogP contribution in [0.1, 0.15) is 48.6 Å². The van der Waals surface area contributed by atoms with E-state index in [0.29, 0.717) is 49.5 Å². The molecule has 2 amide bonds. The van der Waals surface area contributed by atoms with E-state index in [2.05, 4.69) is 42.5 Å². The van der Waals surface area contributed by atoms with Crippen molar-refractivity contribution in [3.05, 3.63) is 131 Å². The maximum atomic E-state index is 15.3. The maximum absolute atomic E-state index is 15.3. The van der Waals surface area contributed by atoms with Crippen LogP contribution in [-0.4, -0.2) is 65.5 Å². The zero-order valence-corrected chi connectivity index (χ0v) is 34.4. The van der Waals surface area contributed by atoms with Crippen molar-refractivity contribution in [1.82, 2.24) is 15.0 Å². The molecule has 4 atom stereocenters. The Morgan fingerprint density at radius 2 is 1.74 bits per heavy atom. The molecule has 1 aromatic heterocycles. The molecule has 0 radical (unpaired) electrons. The lowest BCUT2D eigenvalue weighted by Gasteiger charge is -2.37. The first kappa shape index (κ1) is 38.7. The Morgan fingerprint density at radius 1 is 0.982 bits per heavy atom. The lowest BCUT2D eigenvalue weighted by Crippen LogP contribution is -2.51. The molecule has 0 saturated carbocycles. The van der Waals surface area contributed by atoms with Crippen LogP contribution in [0.3, 0.4) is 0 Å². The number of anilines is 2. The Kier molecular flexibility index (Phi) is 10.6. The molecule has 1 spiro atoms. The summed E-state index contributed by atoms with van der Waals surface area (Å²) in [4.78, 5) is 30.1. The van der Waals surface area contributed by atoms with Gasteiger partial charge in [0.25, 0.3) is 5.91 Å². The Labute approximate surface area is 338 Å². The summed E-state index contributed by atoms with van der Waals surface area (Å²) in [5.41, 5.74) is 4.50. The first-order chi connectivity index (χ1) is 27.5. The van der Waals surface area contributed by atoms with E-state index in [4.69, 9.17) is 26.2 Å². The average Bonchev–Trinajstić information content (AvgIpc) is 3.87. The third-order valence-corrected chi connectivity index (χ3v) is 16.7. The van der Waals surface area contributed by atoms with Gasteiger partial charge < -0.3 is 19.5 Å². The number of aliphatic hydroxyl groups excluding tert-OH is 1. The molecule has 13 heteroatoms. The number of rotatable bonds is 12. The van der Waals surface area contributed by atoms with Crippen LogP contribution in [0.5, 0.6) is 5.75 Å². The van der Waals surface area contributed by atoms with Gasteiger partial charge in [-0.05, 0) is 65.6 Å². The van der Waals surface area contributed by atoms with Gasteiger partial charge in [-0.25, -0.2) is 5.01 Å². The molecule has 294 valence electrons. The molecular weight excluding hydrogens is 756 g/mol. The molecule has 3 aliphatic rings. The summed E-state index contributed by atoms with van der Waals surface area (Å²) in [6, 6.07) is 31.6. The highest BCUT2D eigenvalue weighted by molar-refractivity contribution is 6.91. The molecule has 0 unspecified atom stereocenters. The van der Waals surface area contributed by atoms with E-state index in [9.17, 15) is 9.90 Å². The summed E-state index contributed by atoms with van der Waals surface area (Å²) in [6.45, 7) is 7.73. The Hall–Kier alpha value is -5.14. The van der Waals surface area contributed by atoms with Crippen molar-refractivity contribution in [3.8, 4) is 5.75 Å². The molecule has 8 rings (SSSR count). The second kappa shape index (κ2) is 15.7. The van der Waals surface area contributed by atoms with Gasteiger partial charge in [0, 0.05) is 55.1 Å². The molecule has 1 N–H and O–H groups in total. The monoisotopic (exact) mass is 802 g/mol. The van der Waals surface area contributed by atoms with Gasteiger partial charge in [0.1, 0.15) is 5.75 Å². The number of carbonyl (C=O) groups is 2. The van der Waals surface area contributed by atoms with E-state index in [1.165, 1.54) is 10.2 Å². The van der Waals surface area contributed by atoms with Crippen LogP contribution in [0.25, 0.3) is 0 Å². The highest BCUT2D eigenvalue weighted by atomic mass is 35.5. The third kappa shape index (κ3) is 7.09. The van der Waals surface area contributed by atoms with Crippen molar-refractivity contribution in [2.75, 3.05) is 23.6 Å². The van der Waals surface area contributed by atoms with Gasteiger partial charge >= 0.3 is 0 Å². The van der Waals surface area contributed by atoms with Crippen molar-refractivity contribution >= 4 is 53.8 Å². The number of amides is 2. The van der Waals surface area contributed by atoms with Crippen molar-refractivity contribution in [3.63, 3.8) is 0 Å². The van der Waals surface area contributed by atoms with Crippen molar-refractivity contribution < 1.29 is 24.2 Å². The van der Waals surface area contributed by atoms with E-state index in [1.54, 1.807) is 11.8 Å². The number of carbonyl (C=O) groups excluding carboxylic acids is 2. The van der Waals surface area contributed by atoms with Gasteiger partial charge in [-0.2, -0.15) is 5.10 Å². The molecule has 1 fully saturated rings. The quantitative estimate of drug-likeness (QED) is 0.137. The Bertz CT molecular complexity index is 2300. The molecule has 0 bridgehead atoms. The van der Waals surface area contributed by atoms with Crippen molar-refractivity contribution in [2.24, 2.45) is 11.0 Å². The van der Waals surface area contributed by atoms with Gasteiger partial charge in [0.05, 0.1) is 50.6 Å². The summed E-state index contributed by atoms with van der Waals surface area (Å²) < 4.78 is 14.6. The summed E-state index contributed by atoms with van der Waals surface area (Å²) in [7, 11) is -0.702. The lowest BCUT2D eigenvalue weighted by atomic mass is 9.82. The van der Waals surface area contributed by atoms with Crippen molar-refractivity contribution in [2.45, 2.75) is 76.0 Å². The van der Waals surface area contributed by atoms with Gasteiger partial charge in [-0.1, -0.05) is 96.6 Å². The summed E-state index contributed by atoms with van der Waals surface area (Å²) in [5.74, 6) is 0.419. The molecule has 3 aliphatic heterocycles. The second-order valence-electron chi connectivity index (χ2n) is 15.7. The number of aliphatic hydroxyl groups is 1. The third-order valence-electron chi connectivity index (χ3n) is 12.1. The number of aromatic nitrogens is 3. The fraction of sp³-hybridized carbons (Fsp3) is 0.341. The van der Waals surface area contributed by atoms with Crippen LogP contribution in [-0.2, 0) is 39.4 Å². The Balaban J connectivity index is 1.11. The number of hydrazone groups is 1. The van der Waals surface area contributed by atoms with Crippen LogP contribution >= 0.6 is 11.6 Å². The number of hydrogen-bond donors (Lipinski definition) is 1. The van der Waals surface area contributed by atoms with Crippen LogP contribution in [0.4, 0.5) is 11.4 Å². The van der Waals surface area contributed by atoms with Gasteiger partial charge in [-0.15, -0.1) is 5.10 Å². The summed E-state index contributed by atoms with van der Waals surface area (Å²) >= 11 is 6.73. The van der Waals surface area contributed by atoms with E-state index in [-0.39, 0.29) is 36.0 Å². The largest absolute Gasteiger partial charge is 0.497 e. The molecule has 5 aromatic rings. The lowest BCUT2D eigenvalue weighted by molar-refractivity contribution is -0.146. The zero-order valence-electron chi connectivity index (χ0n) is 32.6. The number of benzene rings is 4. The number of halogens is 1. The minimum atomic E-state index is -2.37. The Morgan fingerprint density at radius 3 is 2.46 bits per heavy atom. The maximum Gasteiger partial charge on any atom is 0.264 e. The molecule has 57 heavy (non-hydrogen) atoms. The molecule has 1 saturated heterocycles. The van der Waals surface area contributed by atoms with Crippen LogP contribution in [0, 0.1) is 5.92 Å². The minimum absolute atomic E-state index is 0.00117. The molecule has 11 nitrogen and oxygen atoms in total. The fourth-order valence-corrected chi connectivity index (χ4v) is 13.4. The number of methoxy groups -OCH3 is 1. The first-order valence-corrected chi connectivity index (χ1v) is 23.0. The summed E-state index contributed by atoms with van der Waals surface area (Å²) in [6.07, 6.45) is 3.59. The van der Waals surface area contributed by atoms with E-state index < -0.39 is 13.7 Å². The number of aryl methyl sites for hydroxylation is 1. The van der Waals surface area contributed by atoms with Gasteiger partial charge in [-0.3, -0.25) is 14.3 Å². The first-order valence-electron chi connectivity index (χ1n) is 19.5. The highest BCUT2D eigenvalue weighted by Gasteiger charge is 2.66. The fourth-order valence-electron chi connectivity index (χ4n) is 9.17. The average molecular weight is 803 g/mol. The molecule has 0 aliphatic carbocycles. The second-order valence-corrected chi connectivity index (χ2v) is 20.9. The topological polar surface area (TPSA) is 122 Å². The van der Waals surface area contributed by atoms with E-state index >= 15 is 4.79 Å². The molecule has 4 heterocycles. The van der Waals surface area contributed by atoms with Gasteiger partial charge in [0.2, 0.25) is 5.91 Å². The van der Waals surface area contributed by atoms with E-state index in [0.717, 1.165) is 39.5 Å². The highest BCUT2D eigenvalue weighted by Crippen LogP contribution is 2.60.